The van der Waals surface area contributed by atoms with E-state index in [2.05, 4.69) is 30.9 Å². The number of nitrogens with zero attached hydrogens (tertiary/aromatic N) is 2. The SMILES string of the molecule is COc1ccc(N(C)CC(C)(C)C#N)c(C)c1C. The molecule has 18 heavy (non-hydrogen) atoms. The van der Waals surface area contributed by atoms with Gasteiger partial charge in [0.05, 0.1) is 18.6 Å². The summed E-state index contributed by atoms with van der Waals surface area (Å²) in [5.41, 5.74) is 3.15. The zero-order chi connectivity index (χ0) is 13.9. The number of hydrogen-bond donors (Lipinski definition) is 0. The molecule has 98 valence electrons. The summed E-state index contributed by atoms with van der Waals surface area (Å²) >= 11 is 0. The number of anilines is 1. The van der Waals surface area contributed by atoms with Crippen molar-refractivity contribution < 1.29 is 4.74 Å². The molecule has 0 aliphatic rings. The normalized spacial score (nSPS) is 10.9. The Labute approximate surface area is 110 Å². The monoisotopic (exact) mass is 246 g/mol. The highest BCUT2D eigenvalue weighted by atomic mass is 16.5. The molecule has 0 spiro atoms. The molecule has 0 saturated heterocycles. The molecule has 0 radical (unpaired) electrons. The molecule has 0 bridgehead atoms. The lowest BCUT2D eigenvalue weighted by atomic mass is 9.94. The van der Waals surface area contributed by atoms with E-state index in [-0.39, 0.29) is 5.41 Å². The second kappa shape index (κ2) is 5.30. The van der Waals surface area contributed by atoms with Crippen LogP contribution in [-0.4, -0.2) is 20.7 Å². The fourth-order valence-corrected chi connectivity index (χ4v) is 2.13. The highest BCUT2D eigenvalue weighted by Gasteiger charge is 2.21. The van der Waals surface area contributed by atoms with Crippen molar-refractivity contribution in [2.24, 2.45) is 5.41 Å². The third kappa shape index (κ3) is 2.95. The average Bonchev–Trinajstić information content (AvgIpc) is 2.32. The number of nitriles is 1. The maximum Gasteiger partial charge on any atom is 0.122 e. The molecule has 1 aromatic carbocycles. The second-order valence-corrected chi connectivity index (χ2v) is 5.39. The van der Waals surface area contributed by atoms with Crippen LogP contribution in [-0.2, 0) is 0 Å². The van der Waals surface area contributed by atoms with Crippen LogP contribution in [0.25, 0.3) is 0 Å². The van der Waals surface area contributed by atoms with Gasteiger partial charge in [-0.25, -0.2) is 0 Å². The van der Waals surface area contributed by atoms with Gasteiger partial charge in [0.1, 0.15) is 5.75 Å². The van der Waals surface area contributed by atoms with Crippen LogP contribution in [0.4, 0.5) is 5.69 Å². The largest absolute Gasteiger partial charge is 0.496 e. The minimum absolute atomic E-state index is 0.352. The summed E-state index contributed by atoms with van der Waals surface area (Å²) in [6, 6.07) is 6.36. The highest BCUT2D eigenvalue weighted by Crippen LogP contribution is 2.30. The van der Waals surface area contributed by atoms with Crippen LogP contribution in [0.15, 0.2) is 12.1 Å². The van der Waals surface area contributed by atoms with Gasteiger partial charge in [-0.1, -0.05) is 0 Å². The van der Waals surface area contributed by atoms with Gasteiger partial charge in [0, 0.05) is 19.3 Å². The van der Waals surface area contributed by atoms with Crippen molar-refractivity contribution in [1.29, 1.82) is 5.26 Å². The second-order valence-electron chi connectivity index (χ2n) is 5.39. The van der Waals surface area contributed by atoms with Crippen LogP contribution in [0.1, 0.15) is 25.0 Å². The maximum atomic E-state index is 9.10. The summed E-state index contributed by atoms with van der Waals surface area (Å²) in [4.78, 5) is 2.13. The Balaban J connectivity index is 3.05. The predicted molar refractivity (Wildman–Crippen MR) is 75.1 cm³/mol. The number of ether oxygens (including phenoxy) is 1. The van der Waals surface area contributed by atoms with E-state index >= 15 is 0 Å². The van der Waals surface area contributed by atoms with Gasteiger partial charge in [-0.15, -0.1) is 0 Å². The molecule has 0 saturated carbocycles. The molecule has 0 amide bonds. The van der Waals surface area contributed by atoms with E-state index in [1.165, 1.54) is 5.56 Å². The fourth-order valence-electron chi connectivity index (χ4n) is 2.13. The van der Waals surface area contributed by atoms with E-state index in [1.807, 2.05) is 27.0 Å². The first-order chi connectivity index (χ1) is 8.32. The van der Waals surface area contributed by atoms with E-state index < -0.39 is 0 Å². The molecule has 0 atom stereocenters. The highest BCUT2D eigenvalue weighted by molar-refractivity contribution is 5.59. The molecule has 0 N–H and O–H groups in total. The van der Waals surface area contributed by atoms with E-state index in [0.29, 0.717) is 6.54 Å². The molecule has 0 aliphatic heterocycles. The Morgan fingerprint density at radius 3 is 2.39 bits per heavy atom. The Morgan fingerprint density at radius 2 is 1.89 bits per heavy atom. The maximum absolute atomic E-state index is 9.10. The molecule has 1 aromatic rings. The number of rotatable bonds is 4. The molecule has 3 nitrogen and oxygen atoms in total. The van der Waals surface area contributed by atoms with E-state index in [9.17, 15) is 0 Å². The van der Waals surface area contributed by atoms with Crippen molar-refractivity contribution in [1.82, 2.24) is 0 Å². The number of hydrogen-bond acceptors (Lipinski definition) is 3. The number of methoxy groups -OCH3 is 1. The van der Waals surface area contributed by atoms with Crippen LogP contribution in [0, 0.1) is 30.6 Å². The van der Waals surface area contributed by atoms with Crippen molar-refractivity contribution in [3.05, 3.63) is 23.3 Å². The zero-order valence-corrected chi connectivity index (χ0v) is 12.2. The smallest absolute Gasteiger partial charge is 0.122 e. The van der Waals surface area contributed by atoms with Gasteiger partial charge in [-0.2, -0.15) is 5.26 Å². The standard InChI is InChI=1S/C15H22N2O/c1-11-12(2)14(18-6)8-7-13(11)17(5)10-15(3,4)9-16/h7-8H,10H2,1-6H3. The lowest BCUT2D eigenvalue weighted by molar-refractivity contribution is 0.411. The molecule has 3 heteroatoms. The summed E-state index contributed by atoms with van der Waals surface area (Å²) in [5.74, 6) is 0.907. The van der Waals surface area contributed by atoms with Crippen molar-refractivity contribution in [3.8, 4) is 11.8 Å². The van der Waals surface area contributed by atoms with Crippen molar-refractivity contribution in [2.75, 3.05) is 25.6 Å². The molecular weight excluding hydrogens is 224 g/mol. The zero-order valence-electron chi connectivity index (χ0n) is 12.2. The predicted octanol–water partition coefficient (Wildman–Crippen LogP) is 3.30. The van der Waals surface area contributed by atoms with Crippen molar-refractivity contribution >= 4 is 5.69 Å². The van der Waals surface area contributed by atoms with Gasteiger partial charge >= 0.3 is 0 Å². The summed E-state index contributed by atoms with van der Waals surface area (Å²) in [5, 5.41) is 9.10. The summed E-state index contributed by atoms with van der Waals surface area (Å²) in [6.07, 6.45) is 0. The van der Waals surface area contributed by atoms with Gasteiger partial charge in [0.15, 0.2) is 0 Å². The third-order valence-corrected chi connectivity index (χ3v) is 3.28. The van der Waals surface area contributed by atoms with E-state index in [1.54, 1.807) is 7.11 Å². The van der Waals surface area contributed by atoms with Gasteiger partial charge in [-0.3, -0.25) is 0 Å². The van der Waals surface area contributed by atoms with E-state index in [0.717, 1.165) is 17.0 Å². The van der Waals surface area contributed by atoms with Crippen LogP contribution in [0.5, 0.6) is 5.75 Å². The van der Waals surface area contributed by atoms with E-state index in [4.69, 9.17) is 10.00 Å². The first-order valence-corrected chi connectivity index (χ1v) is 6.09. The summed E-state index contributed by atoms with van der Waals surface area (Å²) in [7, 11) is 3.71. The van der Waals surface area contributed by atoms with Crippen molar-refractivity contribution in [3.63, 3.8) is 0 Å². The Hall–Kier alpha value is -1.69. The van der Waals surface area contributed by atoms with Crippen LogP contribution in [0.2, 0.25) is 0 Å². The first-order valence-electron chi connectivity index (χ1n) is 6.09. The lowest BCUT2D eigenvalue weighted by Gasteiger charge is -2.28. The minimum Gasteiger partial charge on any atom is -0.496 e. The molecule has 1 rings (SSSR count). The number of benzene rings is 1. The van der Waals surface area contributed by atoms with Crippen LogP contribution in [0.3, 0.4) is 0 Å². The van der Waals surface area contributed by atoms with Gasteiger partial charge in [-0.05, 0) is 51.0 Å². The third-order valence-electron chi connectivity index (χ3n) is 3.28. The molecule has 0 aromatic heterocycles. The Bertz CT molecular complexity index is 472. The topological polar surface area (TPSA) is 36.3 Å². The molecule has 0 aliphatic carbocycles. The summed E-state index contributed by atoms with van der Waals surface area (Å²) in [6.45, 7) is 8.75. The minimum atomic E-state index is -0.352. The first kappa shape index (κ1) is 14.4. The van der Waals surface area contributed by atoms with Gasteiger partial charge < -0.3 is 9.64 Å². The van der Waals surface area contributed by atoms with Gasteiger partial charge in [0.25, 0.3) is 0 Å². The molecular formula is C15H22N2O. The lowest BCUT2D eigenvalue weighted by Crippen LogP contribution is -2.30. The Morgan fingerprint density at radius 1 is 1.28 bits per heavy atom. The summed E-state index contributed by atoms with van der Waals surface area (Å²) < 4.78 is 5.31. The Kier molecular flexibility index (Phi) is 4.24. The van der Waals surface area contributed by atoms with Crippen LogP contribution >= 0.6 is 0 Å². The quantitative estimate of drug-likeness (QED) is 0.818. The van der Waals surface area contributed by atoms with Gasteiger partial charge in [0.2, 0.25) is 0 Å². The molecule has 0 unspecified atom stereocenters. The van der Waals surface area contributed by atoms with Crippen molar-refractivity contribution in [2.45, 2.75) is 27.7 Å². The van der Waals surface area contributed by atoms with Crippen LogP contribution < -0.4 is 9.64 Å². The average molecular weight is 246 g/mol. The molecule has 0 heterocycles. The fraction of sp³-hybridized carbons (Fsp3) is 0.533. The molecule has 0 fully saturated rings.